The number of nitrogens with zero attached hydrogens (tertiary/aromatic N) is 5. The molecule has 1 fully saturated rings. The minimum atomic E-state index is 0.164. The van der Waals surface area contributed by atoms with Gasteiger partial charge in [0.25, 0.3) is 0 Å². The predicted molar refractivity (Wildman–Crippen MR) is 92.9 cm³/mol. The molecule has 1 aliphatic heterocycles. The van der Waals surface area contributed by atoms with Gasteiger partial charge in [0, 0.05) is 44.6 Å². The Hall–Kier alpha value is -1.09. The Morgan fingerprint density at radius 1 is 1.35 bits per heavy atom. The van der Waals surface area contributed by atoms with Crippen molar-refractivity contribution in [1.29, 1.82) is 0 Å². The fourth-order valence-electron chi connectivity index (χ4n) is 2.43. The summed E-state index contributed by atoms with van der Waals surface area (Å²) in [5.41, 5.74) is 0. The summed E-state index contributed by atoms with van der Waals surface area (Å²) in [5, 5.41) is 8.57. The molecule has 23 heavy (non-hydrogen) atoms. The van der Waals surface area contributed by atoms with Crippen LogP contribution in [0.5, 0.6) is 0 Å². The van der Waals surface area contributed by atoms with Gasteiger partial charge in [0.05, 0.1) is 10.1 Å². The van der Waals surface area contributed by atoms with Crippen molar-refractivity contribution in [2.45, 2.75) is 11.7 Å². The summed E-state index contributed by atoms with van der Waals surface area (Å²) in [6.07, 6.45) is 1.64. The van der Waals surface area contributed by atoms with Crippen LogP contribution in [0, 0.1) is 0 Å². The first-order chi connectivity index (χ1) is 11.1. The van der Waals surface area contributed by atoms with E-state index in [9.17, 15) is 4.79 Å². The molecule has 1 amide bonds. The van der Waals surface area contributed by atoms with E-state index in [2.05, 4.69) is 21.2 Å². The first-order valence-electron chi connectivity index (χ1n) is 7.33. The lowest BCUT2D eigenvalue weighted by Crippen LogP contribution is -2.48. The van der Waals surface area contributed by atoms with E-state index in [4.69, 9.17) is 11.6 Å². The zero-order valence-corrected chi connectivity index (χ0v) is 15.2. The van der Waals surface area contributed by atoms with Crippen molar-refractivity contribution >= 4 is 40.6 Å². The van der Waals surface area contributed by atoms with E-state index in [1.54, 1.807) is 17.7 Å². The Morgan fingerprint density at radius 2 is 2.13 bits per heavy atom. The fourth-order valence-corrected chi connectivity index (χ4v) is 4.35. The smallest absolute Gasteiger partial charge is 0.233 e. The molecule has 0 saturated carbocycles. The van der Waals surface area contributed by atoms with E-state index in [0.29, 0.717) is 5.75 Å². The maximum absolute atomic E-state index is 12.3. The van der Waals surface area contributed by atoms with E-state index in [0.717, 1.165) is 42.2 Å². The molecule has 124 valence electrons. The largest absolute Gasteiger partial charge is 0.339 e. The third kappa shape index (κ3) is 4.47. The molecule has 0 radical (unpaired) electrons. The van der Waals surface area contributed by atoms with Crippen LogP contribution in [0.15, 0.2) is 23.6 Å². The summed E-state index contributed by atoms with van der Waals surface area (Å²) in [7, 11) is 1.88. The second-order valence-electron chi connectivity index (χ2n) is 5.38. The molecule has 0 bridgehead atoms. The van der Waals surface area contributed by atoms with E-state index in [-0.39, 0.29) is 5.91 Å². The van der Waals surface area contributed by atoms with Crippen LogP contribution in [-0.2, 0) is 18.4 Å². The number of thiophene rings is 1. The molecule has 9 heteroatoms. The van der Waals surface area contributed by atoms with Crippen LogP contribution < -0.4 is 0 Å². The number of piperazine rings is 1. The summed E-state index contributed by atoms with van der Waals surface area (Å²) >= 11 is 9.02. The number of thioether (sulfide) groups is 1. The second kappa shape index (κ2) is 7.65. The maximum atomic E-state index is 12.3. The van der Waals surface area contributed by atoms with Crippen LogP contribution >= 0.6 is 34.7 Å². The van der Waals surface area contributed by atoms with Crippen LogP contribution in [-0.4, -0.2) is 62.4 Å². The highest BCUT2D eigenvalue weighted by atomic mass is 35.5. The van der Waals surface area contributed by atoms with Crippen LogP contribution in [0.1, 0.15) is 4.88 Å². The predicted octanol–water partition coefficient (Wildman–Crippen LogP) is 1.97. The number of amides is 1. The fraction of sp³-hybridized carbons (Fsp3) is 0.500. The molecule has 0 aliphatic carbocycles. The number of hydrogen-bond acceptors (Lipinski definition) is 6. The van der Waals surface area contributed by atoms with Crippen molar-refractivity contribution in [3.63, 3.8) is 0 Å². The van der Waals surface area contributed by atoms with Gasteiger partial charge in [-0.15, -0.1) is 21.5 Å². The third-order valence-electron chi connectivity index (χ3n) is 3.73. The molecule has 1 aliphatic rings. The molecular formula is C14H18ClN5OS2. The van der Waals surface area contributed by atoms with Crippen molar-refractivity contribution in [3.8, 4) is 0 Å². The molecule has 0 unspecified atom stereocenters. The molecule has 2 aromatic heterocycles. The standard InChI is InChI=1S/C14H18ClN5OS2/c1-18-10-16-17-14(18)22-9-13(21)20-6-4-19(5-7-20)8-11-2-3-12(15)23-11/h2-3,10H,4-9H2,1H3. The molecule has 6 nitrogen and oxygen atoms in total. The van der Waals surface area contributed by atoms with Gasteiger partial charge in [0.15, 0.2) is 5.16 Å². The maximum Gasteiger partial charge on any atom is 0.233 e. The van der Waals surface area contributed by atoms with Gasteiger partial charge in [-0.1, -0.05) is 23.4 Å². The van der Waals surface area contributed by atoms with Crippen molar-refractivity contribution in [2.75, 3.05) is 31.9 Å². The minimum Gasteiger partial charge on any atom is -0.339 e. The van der Waals surface area contributed by atoms with Crippen LogP contribution in [0.3, 0.4) is 0 Å². The van der Waals surface area contributed by atoms with E-state index in [1.807, 2.05) is 22.6 Å². The van der Waals surface area contributed by atoms with E-state index >= 15 is 0 Å². The van der Waals surface area contributed by atoms with Crippen LogP contribution in [0.4, 0.5) is 0 Å². The SMILES string of the molecule is Cn1cnnc1SCC(=O)N1CCN(Cc2ccc(Cl)s2)CC1. The van der Waals surface area contributed by atoms with Gasteiger partial charge in [-0.2, -0.15) is 0 Å². The topological polar surface area (TPSA) is 54.3 Å². The van der Waals surface area contributed by atoms with Crippen molar-refractivity contribution in [1.82, 2.24) is 24.6 Å². The summed E-state index contributed by atoms with van der Waals surface area (Å²) in [5.74, 6) is 0.574. The van der Waals surface area contributed by atoms with Crippen LogP contribution in [0.2, 0.25) is 4.34 Å². The average Bonchev–Trinajstić information content (AvgIpc) is 3.14. The van der Waals surface area contributed by atoms with Gasteiger partial charge in [-0.05, 0) is 12.1 Å². The lowest BCUT2D eigenvalue weighted by atomic mass is 10.3. The van der Waals surface area contributed by atoms with Gasteiger partial charge in [-0.25, -0.2) is 0 Å². The van der Waals surface area contributed by atoms with Gasteiger partial charge in [0.2, 0.25) is 5.91 Å². The van der Waals surface area contributed by atoms with E-state index < -0.39 is 0 Å². The number of aryl methyl sites for hydroxylation is 1. The molecule has 2 aromatic rings. The monoisotopic (exact) mass is 371 g/mol. The highest BCUT2D eigenvalue weighted by Crippen LogP contribution is 2.23. The molecule has 3 heterocycles. The molecule has 1 saturated heterocycles. The van der Waals surface area contributed by atoms with Crippen LogP contribution in [0.25, 0.3) is 0 Å². The highest BCUT2D eigenvalue weighted by molar-refractivity contribution is 7.99. The summed E-state index contributed by atoms with van der Waals surface area (Å²) in [4.78, 5) is 17.9. The lowest BCUT2D eigenvalue weighted by Gasteiger charge is -2.34. The molecule has 3 rings (SSSR count). The number of hydrogen-bond donors (Lipinski definition) is 0. The Balaban J connectivity index is 1.43. The van der Waals surface area contributed by atoms with Gasteiger partial charge in [0.1, 0.15) is 6.33 Å². The number of carbonyl (C=O) groups excluding carboxylic acids is 1. The van der Waals surface area contributed by atoms with Gasteiger partial charge in [-0.3, -0.25) is 9.69 Å². The Labute approximate surface area is 148 Å². The number of rotatable bonds is 5. The summed E-state index contributed by atoms with van der Waals surface area (Å²) < 4.78 is 2.65. The zero-order valence-electron chi connectivity index (χ0n) is 12.8. The molecular weight excluding hydrogens is 354 g/mol. The van der Waals surface area contributed by atoms with Gasteiger partial charge >= 0.3 is 0 Å². The molecule has 0 atom stereocenters. The van der Waals surface area contributed by atoms with E-state index in [1.165, 1.54) is 16.6 Å². The second-order valence-corrected chi connectivity index (χ2v) is 8.12. The van der Waals surface area contributed by atoms with Crippen molar-refractivity contribution in [2.24, 2.45) is 7.05 Å². The lowest BCUT2D eigenvalue weighted by molar-refractivity contribution is -0.130. The number of aromatic nitrogens is 3. The number of halogens is 1. The Morgan fingerprint density at radius 3 is 2.74 bits per heavy atom. The molecule has 0 N–H and O–H groups in total. The zero-order chi connectivity index (χ0) is 16.2. The molecule has 0 aromatic carbocycles. The first kappa shape index (κ1) is 16.8. The number of carbonyl (C=O) groups is 1. The first-order valence-corrected chi connectivity index (χ1v) is 9.51. The third-order valence-corrected chi connectivity index (χ3v) is 5.96. The average molecular weight is 372 g/mol. The minimum absolute atomic E-state index is 0.164. The molecule has 0 spiro atoms. The normalized spacial score (nSPS) is 16.0. The summed E-state index contributed by atoms with van der Waals surface area (Å²) in [6, 6.07) is 4.01. The van der Waals surface area contributed by atoms with Crippen molar-refractivity contribution < 1.29 is 4.79 Å². The van der Waals surface area contributed by atoms with Gasteiger partial charge < -0.3 is 9.47 Å². The Bertz CT molecular complexity index is 666. The summed E-state index contributed by atoms with van der Waals surface area (Å²) in [6.45, 7) is 4.26. The quantitative estimate of drug-likeness (QED) is 0.752. The highest BCUT2D eigenvalue weighted by Gasteiger charge is 2.21. The Kier molecular flexibility index (Phi) is 5.58. The van der Waals surface area contributed by atoms with Crippen molar-refractivity contribution in [3.05, 3.63) is 27.7 Å².